The SMILES string of the molecule is Cc1ccc(-c2cc3cc4c(cc(-c5ccc(C)cc5)n4-c4ccc5c(c4)c4ccccc4n5-c4ccccc4)cc3n2-c2ccc3c(c2)C2C=CC=CC2N3c2ccccc2)cc1. The maximum absolute atomic E-state index is 2.51. The fourth-order valence-corrected chi connectivity index (χ4v) is 10.7. The van der Waals surface area contributed by atoms with E-state index in [-0.39, 0.29) is 12.0 Å². The van der Waals surface area contributed by atoms with Gasteiger partial charge in [-0.15, -0.1) is 0 Å². The summed E-state index contributed by atoms with van der Waals surface area (Å²) in [4.78, 5) is 2.51. The van der Waals surface area contributed by atoms with E-state index in [4.69, 9.17) is 0 Å². The number of anilines is 2. The van der Waals surface area contributed by atoms with Crippen LogP contribution < -0.4 is 4.90 Å². The van der Waals surface area contributed by atoms with Crippen molar-refractivity contribution in [2.75, 3.05) is 4.90 Å². The Kier molecular flexibility index (Phi) is 8.13. The van der Waals surface area contributed by atoms with Crippen LogP contribution in [-0.4, -0.2) is 19.7 Å². The van der Waals surface area contributed by atoms with Gasteiger partial charge in [-0.1, -0.05) is 139 Å². The van der Waals surface area contributed by atoms with Gasteiger partial charge >= 0.3 is 0 Å². The molecule has 0 bridgehead atoms. The molecule has 0 saturated carbocycles. The summed E-state index contributed by atoms with van der Waals surface area (Å²) in [6.07, 6.45) is 9.13. The van der Waals surface area contributed by atoms with Crippen molar-refractivity contribution in [3.05, 3.63) is 235 Å². The first-order valence-corrected chi connectivity index (χ1v) is 22.3. The van der Waals surface area contributed by atoms with E-state index < -0.39 is 0 Å². The molecule has 0 N–H and O–H groups in total. The van der Waals surface area contributed by atoms with Crippen LogP contribution in [0.3, 0.4) is 0 Å². The molecule has 4 heterocycles. The van der Waals surface area contributed by atoms with Crippen molar-refractivity contribution in [1.29, 1.82) is 0 Å². The van der Waals surface area contributed by atoms with Gasteiger partial charge in [-0.2, -0.15) is 0 Å². The van der Waals surface area contributed by atoms with Crippen LogP contribution in [0.4, 0.5) is 11.4 Å². The van der Waals surface area contributed by atoms with E-state index in [1.165, 1.54) is 99.9 Å². The van der Waals surface area contributed by atoms with Crippen LogP contribution in [0.1, 0.15) is 22.6 Å². The molecule has 2 unspecified atom stereocenters. The monoisotopic (exact) mass is 820 g/mol. The molecule has 3 aromatic heterocycles. The normalized spacial score (nSPS) is 15.5. The minimum Gasteiger partial charge on any atom is -0.333 e. The Labute approximate surface area is 372 Å². The number of para-hydroxylation sites is 3. The highest BCUT2D eigenvalue weighted by Crippen LogP contribution is 2.49. The molecule has 64 heavy (non-hydrogen) atoms. The van der Waals surface area contributed by atoms with E-state index in [1.54, 1.807) is 0 Å². The lowest BCUT2D eigenvalue weighted by Gasteiger charge is -2.28. The van der Waals surface area contributed by atoms with E-state index in [0.717, 1.165) is 11.4 Å². The minimum atomic E-state index is 0.226. The van der Waals surface area contributed by atoms with Crippen LogP contribution in [0.15, 0.2) is 218 Å². The minimum absolute atomic E-state index is 0.226. The molecule has 0 fully saturated rings. The molecule has 1 aliphatic carbocycles. The van der Waals surface area contributed by atoms with Crippen molar-refractivity contribution >= 4 is 55.0 Å². The Balaban J connectivity index is 1.05. The molecule has 4 heteroatoms. The third-order valence-electron chi connectivity index (χ3n) is 13.7. The lowest BCUT2D eigenvalue weighted by atomic mass is 9.91. The zero-order valence-corrected chi connectivity index (χ0v) is 35.7. The summed E-state index contributed by atoms with van der Waals surface area (Å²) in [6, 6.07) is 72.3. The number of fused-ring (bicyclic) bond motifs is 8. The summed E-state index contributed by atoms with van der Waals surface area (Å²) in [5.41, 5.74) is 19.3. The Morgan fingerprint density at radius 2 is 0.922 bits per heavy atom. The summed E-state index contributed by atoms with van der Waals surface area (Å²) < 4.78 is 7.37. The second-order valence-corrected chi connectivity index (χ2v) is 17.6. The molecule has 2 aliphatic rings. The number of nitrogens with zero attached hydrogens (tertiary/aromatic N) is 4. The zero-order valence-electron chi connectivity index (χ0n) is 35.7. The van der Waals surface area contributed by atoms with Gasteiger partial charge in [-0.25, -0.2) is 0 Å². The summed E-state index contributed by atoms with van der Waals surface area (Å²) in [5, 5.41) is 4.87. The Hall–Kier alpha value is -8.08. The van der Waals surface area contributed by atoms with Gasteiger partial charge in [0.25, 0.3) is 0 Å². The topological polar surface area (TPSA) is 18.0 Å². The second kappa shape index (κ2) is 14.2. The lowest BCUT2D eigenvalue weighted by Crippen LogP contribution is -2.28. The van der Waals surface area contributed by atoms with E-state index in [1.807, 2.05) is 0 Å². The number of hydrogen-bond donors (Lipinski definition) is 0. The van der Waals surface area contributed by atoms with Crippen molar-refractivity contribution in [3.8, 4) is 39.6 Å². The first-order chi connectivity index (χ1) is 31.6. The molecule has 2 atom stereocenters. The standard InChI is InChI=1S/C60H44N4/c1-39-21-25-41(26-22-39)57-33-43-35-60-44(36-59(43)63(57)47-29-31-55-51(37-47)49-17-9-11-19-53(49)61(55)45-13-5-3-6-14-45)34-58(42-27-23-40(2)24-28-42)64(60)48-30-32-56-52(38-48)50-18-10-12-20-54(50)62(56)46-15-7-4-8-16-46/h3-38,49,53H,1-2H3. The van der Waals surface area contributed by atoms with Gasteiger partial charge in [0.15, 0.2) is 0 Å². The molecular weight excluding hydrogens is 777 g/mol. The number of hydrogen-bond acceptors (Lipinski definition) is 1. The van der Waals surface area contributed by atoms with Crippen molar-refractivity contribution < 1.29 is 0 Å². The molecule has 4 nitrogen and oxygen atoms in total. The van der Waals surface area contributed by atoms with Gasteiger partial charge < -0.3 is 18.6 Å². The summed E-state index contributed by atoms with van der Waals surface area (Å²) in [5.74, 6) is 0.252. The van der Waals surface area contributed by atoms with Crippen molar-refractivity contribution in [2.45, 2.75) is 25.8 Å². The van der Waals surface area contributed by atoms with Crippen molar-refractivity contribution in [3.63, 3.8) is 0 Å². The predicted molar refractivity (Wildman–Crippen MR) is 268 cm³/mol. The van der Waals surface area contributed by atoms with Gasteiger partial charge in [0.05, 0.1) is 39.5 Å². The molecule has 1 aliphatic heterocycles. The first kappa shape index (κ1) is 36.6. The van der Waals surface area contributed by atoms with Crippen LogP contribution >= 0.6 is 0 Å². The van der Waals surface area contributed by atoms with Crippen LogP contribution in [0.2, 0.25) is 0 Å². The van der Waals surface area contributed by atoms with E-state index in [2.05, 4.69) is 251 Å². The maximum Gasteiger partial charge on any atom is 0.0629 e. The third kappa shape index (κ3) is 5.62. The number of rotatable bonds is 6. The van der Waals surface area contributed by atoms with Gasteiger partial charge in [-0.3, -0.25) is 0 Å². The van der Waals surface area contributed by atoms with Gasteiger partial charge in [0.2, 0.25) is 0 Å². The van der Waals surface area contributed by atoms with Crippen LogP contribution in [0.25, 0.3) is 83.2 Å². The molecule has 0 spiro atoms. The Bertz CT molecular complexity index is 3670. The van der Waals surface area contributed by atoms with E-state index >= 15 is 0 Å². The summed E-state index contributed by atoms with van der Waals surface area (Å²) in [7, 11) is 0. The van der Waals surface area contributed by atoms with Gasteiger partial charge in [0.1, 0.15) is 0 Å². The number of aromatic nitrogens is 3. The molecule has 11 aromatic rings. The molecular formula is C60H44N4. The molecule has 8 aromatic carbocycles. The summed E-state index contributed by atoms with van der Waals surface area (Å²) in [6.45, 7) is 4.32. The van der Waals surface area contributed by atoms with Crippen LogP contribution in [0.5, 0.6) is 0 Å². The molecule has 304 valence electrons. The number of benzene rings is 8. The lowest BCUT2D eigenvalue weighted by molar-refractivity contribution is 0.744. The smallest absolute Gasteiger partial charge is 0.0629 e. The van der Waals surface area contributed by atoms with Crippen LogP contribution in [-0.2, 0) is 0 Å². The largest absolute Gasteiger partial charge is 0.333 e. The fraction of sp³-hybridized carbons (Fsp3) is 0.0667. The fourth-order valence-electron chi connectivity index (χ4n) is 10.7. The third-order valence-corrected chi connectivity index (χ3v) is 13.7. The molecule has 0 saturated heterocycles. The highest BCUT2D eigenvalue weighted by atomic mass is 15.2. The predicted octanol–water partition coefficient (Wildman–Crippen LogP) is 15.4. The zero-order chi connectivity index (χ0) is 42.5. The van der Waals surface area contributed by atoms with Crippen molar-refractivity contribution in [1.82, 2.24) is 13.7 Å². The summed E-state index contributed by atoms with van der Waals surface area (Å²) >= 11 is 0. The van der Waals surface area contributed by atoms with Crippen LogP contribution in [0, 0.1) is 13.8 Å². The van der Waals surface area contributed by atoms with Crippen molar-refractivity contribution in [2.24, 2.45) is 0 Å². The number of aryl methyl sites for hydroxylation is 2. The average Bonchev–Trinajstić information content (AvgIpc) is 4.09. The molecule has 0 amide bonds. The van der Waals surface area contributed by atoms with E-state index in [9.17, 15) is 0 Å². The highest BCUT2D eigenvalue weighted by Gasteiger charge is 2.37. The molecule has 0 radical (unpaired) electrons. The maximum atomic E-state index is 2.51. The molecule has 13 rings (SSSR count). The Morgan fingerprint density at radius 3 is 1.58 bits per heavy atom. The highest BCUT2D eigenvalue weighted by molar-refractivity contribution is 6.10. The van der Waals surface area contributed by atoms with Gasteiger partial charge in [0, 0.05) is 55.9 Å². The average molecular weight is 821 g/mol. The Morgan fingerprint density at radius 1 is 0.375 bits per heavy atom. The van der Waals surface area contributed by atoms with Gasteiger partial charge in [-0.05, 0) is 122 Å². The number of allylic oxidation sites excluding steroid dienone is 2. The first-order valence-electron chi connectivity index (χ1n) is 22.3. The van der Waals surface area contributed by atoms with E-state index in [0.29, 0.717) is 0 Å². The second-order valence-electron chi connectivity index (χ2n) is 17.6. The quantitative estimate of drug-likeness (QED) is 0.163.